The summed E-state index contributed by atoms with van der Waals surface area (Å²) in [6.45, 7) is 9.35. The number of piperazine rings is 1. The quantitative estimate of drug-likeness (QED) is 0.930. The number of nitrogens with zero attached hydrogens (tertiary/aromatic N) is 2. The Morgan fingerprint density at radius 3 is 2.75 bits per heavy atom. The van der Waals surface area contributed by atoms with E-state index >= 15 is 0 Å². The van der Waals surface area contributed by atoms with Gasteiger partial charge in [0, 0.05) is 44.4 Å². The lowest BCUT2D eigenvalue weighted by atomic mass is 10.0. The molecular formula is C16H21N3O. The van der Waals surface area contributed by atoms with Crippen LogP contribution >= 0.6 is 0 Å². The summed E-state index contributed by atoms with van der Waals surface area (Å²) in [6.07, 6.45) is 0. The number of hydrogen-bond donors (Lipinski definition) is 1. The first-order chi connectivity index (χ1) is 9.72. The molecule has 0 unspecified atom stereocenters. The highest BCUT2D eigenvalue weighted by molar-refractivity contribution is 5.62. The molecule has 3 rings (SSSR count). The van der Waals surface area contributed by atoms with Crippen molar-refractivity contribution in [2.24, 2.45) is 0 Å². The van der Waals surface area contributed by atoms with Gasteiger partial charge in [-0.3, -0.25) is 4.90 Å². The molecule has 1 aromatic heterocycles. The van der Waals surface area contributed by atoms with E-state index in [-0.39, 0.29) is 0 Å². The van der Waals surface area contributed by atoms with E-state index in [0.29, 0.717) is 0 Å². The van der Waals surface area contributed by atoms with Crippen molar-refractivity contribution in [3.05, 3.63) is 41.1 Å². The van der Waals surface area contributed by atoms with Crippen molar-refractivity contribution in [1.82, 2.24) is 15.4 Å². The van der Waals surface area contributed by atoms with Crippen LogP contribution in [0.5, 0.6) is 0 Å². The second-order valence-corrected chi connectivity index (χ2v) is 5.53. The van der Waals surface area contributed by atoms with Crippen molar-refractivity contribution in [3.63, 3.8) is 0 Å². The molecule has 0 radical (unpaired) electrons. The lowest BCUT2D eigenvalue weighted by Gasteiger charge is -2.25. The van der Waals surface area contributed by atoms with Crippen LogP contribution in [0, 0.1) is 13.8 Å². The Hall–Kier alpha value is -1.65. The lowest BCUT2D eigenvalue weighted by molar-refractivity contribution is 0.227. The Morgan fingerprint density at radius 2 is 2.00 bits per heavy atom. The molecule has 1 N–H and O–H groups in total. The van der Waals surface area contributed by atoms with E-state index in [0.717, 1.165) is 49.7 Å². The third-order valence-corrected chi connectivity index (χ3v) is 3.80. The minimum absolute atomic E-state index is 0.868. The summed E-state index contributed by atoms with van der Waals surface area (Å²) >= 11 is 0. The average molecular weight is 271 g/mol. The van der Waals surface area contributed by atoms with Crippen molar-refractivity contribution in [2.75, 3.05) is 26.2 Å². The molecule has 1 aromatic carbocycles. The zero-order valence-electron chi connectivity index (χ0n) is 12.1. The van der Waals surface area contributed by atoms with E-state index in [9.17, 15) is 0 Å². The fraction of sp³-hybridized carbons (Fsp3) is 0.438. The molecule has 1 aliphatic heterocycles. The molecule has 0 atom stereocenters. The normalized spacial score (nSPS) is 16.5. The number of aryl methyl sites for hydroxylation is 2. The molecule has 2 aromatic rings. The zero-order chi connectivity index (χ0) is 13.9. The van der Waals surface area contributed by atoms with E-state index in [1.165, 1.54) is 11.1 Å². The highest BCUT2D eigenvalue weighted by atomic mass is 16.5. The summed E-state index contributed by atoms with van der Waals surface area (Å²) in [7, 11) is 0. The maximum atomic E-state index is 5.52. The number of aromatic nitrogens is 1. The molecule has 1 fully saturated rings. The maximum absolute atomic E-state index is 5.52. The van der Waals surface area contributed by atoms with Crippen LogP contribution in [0.15, 0.2) is 28.8 Å². The Bertz CT molecular complexity index is 585. The van der Waals surface area contributed by atoms with Crippen molar-refractivity contribution in [2.45, 2.75) is 20.4 Å². The fourth-order valence-electron chi connectivity index (χ4n) is 2.70. The van der Waals surface area contributed by atoms with Crippen LogP contribution in [-0.4, -0.2) is 36.2 Å². The first kappa shape index (κ1) is 13.3. The van der Waals surface area contributed by atoms with E-state index < -0.39 is 0 Å². The zero-order valence-corrected chi connectivity index (χ0v) is 12.1. The average Bonchev–Trinajstić information content (AvgIpc) is 2.88. The van der Waals surface area contributed by atoms with Crippen LogP contribution in [0.1, 0.15) is 16.8 Å². The molecule has 0 amide bonds. The van der Waals surface area contributed by atoms with Crippen LogP contribution in [0.4, 0.5) is 0 Å². The topological polar surface area (TPSA) is 41.3 Å². The van der Waals surface area contributed by atoms with Gasteiger partial charge in [0.2, 0.25) is 0 Å². The summed E-state index contributed by atoms with van der Waals surface area (Å²) in [5.74, 6) is 0.868. The third-order valence-electron chi connectivity index (χ3n) is 3.80. The number of rotatable bonds is 3. The van der Waals surface area contributed by atoms with Crippen LogP contribution in [0.25, 0.3) is 11.3 Å². The second kappa shape index (κ2) is 5.77. The van der Waals surface area contributed by atoms with Gasteiger partial charge in [-0.2, -0.15) is 0 Å². The Labute approximate surface area is 119 Å². The Kier molecular flexibility index (Phi) is 3.85. The SMILES string of the molecule is Cc1ccc(-c2cc(CN3CCNCC3)no2)c(C)c1. The van der Waals surface area contributed by atoms with Gasteiger partial charge in [0.1, 0.15) is 0 Å². The first-order valence-electron chi connectivity index (χ1n) is 7.19. The Morgan fingerprint density at radius 1 is 1.20 bits per heavy atom. The molecule has 0 aliphatic carbocycles. The number of nitrogens with one attached hydrogen (secondary N) is 1. The molecule has 4 nitrogen and oxygen atoms in total. The van der Waals surface area contributed by atoms with Crippen molar-refractivity contribution in [1.29, 1.82) is 0 Å². The smallest absolute Gasteiger partial charge is 0.167 e. The molecular weight excluding hydrogens is 250 g/mol. The van der Waals surface area contributed by atoms with Crippen LogP contribution < -0.4 is 5.32 Å². The highest BCUT2D eigenvalue weighted by Crippen LogP contribution is 2.25. The van der Waals surface area contributed by atoms with Gasteiger partial charge in [0.05, 0.1) is 5.69 Å². The van der Waals surface area contributed by atoms with Crippen molar-refractivity contribution < 1.29 is 4.52 Å². The predicted octanol–water partition coefficient (Wildman–Crippen LogP) is 2.36. The van der Waals surface area contributed by atoms with Crippen molar-refractivity contribution in [3.8, 4) is 11.3 Å². The summed E-state index contributed by atoms with van der Waals surface area (Å²) in [5.41, 5.74) is 4.65. The van der Waals surface area contributed by atoms with Gasteiger partial charge in [-0.1, -0.05) is 28.9 Å². The summed E-state index contributed by atoms with van der Waals surface area (Å²) in [5, 5.41) is 7.57. The van der Waals surface area contributed by atoms with Gasteiger partial charge in [-0.05, 0) is 19.4 Å². The summed E-state index contributed by atoms with van der Waals surface area (Å²) in [4.78, 5) is 2.40. The van der Waals surface area contributed by atoms with Crippen LogP contribution in [0.3, 0.4) is 0 Å². The van der Waals surface area contributed by atoms with Gasteiger partial charge in [0.15, 0.2) is 5.76 Å². The molecule has 1 saturated heterocycles. The maximum Gasteiger partial charge on any atom is 0.167 e. The van der Waals surface area contributed by atoms with Gasteiger partial charge in [-0.25, -0.2) is 0 Å². The van der Waals surface area contributed by atoms with E-state index in [1.54, 1.807) is 0 Å². The minimum atomic E-state index is 0.868. The van der Waals surface area contributed by atoms with E-state index in [2.05, 4.69) is 53.5 Å². The highest BCUT2D eigenvalue weighted by Gasteiger charge is 2.14. The monoisotopic (exact) mass is 271 g/mol. The molecule has 0 bridgehead atoms. The van der Waals surface area contributed by atoms with Gasteiger partial charge >= 0.3 is 0 Å². The van der Waals surface area contributed by atoms with E-state index in [1.807, 2.05) is 0 Å². The van der Waals surface area contributed by atoms with Crippen LogP contribution in [0.2, 0.25) is 0 Å². The molecule has 0 spiro atoms. The molecule has 2 heterocycles. The van der Waals surface area contributed by atoms with Gasteiger partial charge in [-0.15, -0.1) is 0 Å². The second-order valence-electron chi connectivity index (χ2n) is 5.53. The number of hydrogen-bond acceptors (Lipinski definition) is 4. The Balaban J connectivity index is 1.75. The molecule has 4 heteroatoms. The van der Waals surface area contributed by atoms with Crippen LogP contribution in [-0.2, 0) is 6.54 Å². The minimum Gasteiger partial charge on any atom is -0.356 e. The van der Waals surface area contributed by atoms with E-state index in [4.69, 9.17) is 4.52 Å². The largest absolute Gasteiger partial charge is 0.356 e. The third kappa shape index (κ3) is 2.92. The molecule has 20 heavy (non-hydrogen) atoms. The summed E-state index contributed by atoms with van der Waals surface area (Å²) in [6, 6.07) is 8.47. The fourth-order valence-corrected chi connectivity index (χ4v) is 2.70. The summed E-state index contributed by atoms with van der Waals surface area (Å²) < 4.78 is 5.52. The van der Waals surface area contributed by atoms with Crippen molar-refractivity contribution >= 4 is 0 Å². The molecule has 1 aliphatic rings. The predicted molar refractivity (Wildman–Crippen MR) is 79.6 cm³/mol. The lowest BCUT2D eigenvalue weighted by Crippen LogP contribution is -2.42. The van der Waals surface area contributed by atoms with Gasteiger partial charge in [0.25, 0.3) is 0 Å². The first-order valence-corrected chi connectivity index (χ1v) is 7.19. The van der Waals surface area contributed by atoms with Gasteiger partial charge < -0.3 is 9.84 Å². The molecule has 0 saturated carbocycles. The standard InChI is InChI=1S/C16H21N3O/c1-12-3-4-15(13(2)9-12)16-10-14(18-20-16)11-19-7-5-17-6-8-19/h3-4,9-10,17H,5-8,11H2,1-2H3. The number of benzene rings is 1. The molecule has 106 valence electrons.